The number of carbonyl (C=O) groups is 1. The number of carbonyl (C=O) groups excluding carboxylic acids is 1. The van der Waals surface area contributed by atoms with E-state index in [1.54, 1.807) is 44.4 Å². The summed E-state index contributed by atoms with van der Waals surface area (Å²) in [5.74, 6) is 1.86. The number of rotatable bonds is 4. The second-order valence-electron chi connectivity index (χ2n) is 3.81. The molecule has 4 heteroatoms. The Morgan fingerprint density at radius 1 is 1.11 bits per heavy atom. The first-order chi connectivity index (χ1) is 8.65. The fraction of sp³-hybridized carbons (Fsp3) is 0.214. The Bertz CT molecular complexity index is 569. The largest absolute Gasteiger partial charge is 0.497 e. The first-order valence-electron chi connectivity index (χ1n) is 5.49. The van der Waals surface area contributed by atoms with Crippen LogP contribution in [0.4, 0.5) is 0 Å². The van der Waals surface area contributed by atoms with Crippen LogP contribution >= 0.6 is 0 Å². The van der Waals surface area contributed by atoms with Crippen molar-refractivity contribution in [3.05, 3.63) is 47.4 Å². The quantitative estimate of drug-likeness (QED) is 0.778. The van der Waals surface area contributed by atoms with Crippen molar-refractivity contribution in [1.29, 1.82) is 0 Å². The minimum absolute atomic E-state index is 0.223. The lowest BCUT2D eigenvalue weighted by Gasteiger charge is -2.08. The van der Waals surface area contributed by atoms with E-state index in [0.717, 1.165) is 0 Å². The van der Waals surface area contributed by atoms with Gasteiger partial charge in [0.25, 0.3) is 0 Å². The summed E-state index contributed by atoms with van der Waals surface area (Å²) < 4.78 is 15.6. The standard InChI is InChI=1S/C14H14O4/c1-9-4-6-13(18-9)14(15)11-8-10(16-2)5-7-12(11)17-3/h4-8H,1-3H3. The van der Waals surface area contributed by atoms with E-state index in [2.05, 4.69) is 0 Å². The van der Waals surface area contributed by atoms with Crippen LogP contribution in [0.25, 0.3) is 0 Å². The van der Waals surface area contributed by atoms with Gasteiger partial charge < -0.3 is 13.9 Å². The van der Waals surface area contributed by atoms with E-state index in [9.17, 15) is 4.79 Å². The zero-order valence-corrected chi connectivity index (χ0v) is 10.5. The number of ether oxygens (including phenoxy) is 2. The molecule has 0 bridgehead atoms. The molecule has 1 heterocycles. The predicted octanol–water partition coefficient (Wildman–Crippen LogP) is 2.84. The molecule has 0 aliphatic heterocycles. The Labute approximate surface area is 105 Å². The molecule has 0 radical (unpaired) electrons. The fourth-order valence-corrected chi connectivity index (χ4v) is 1.68. The number of benzene rings is 1. The van der Waals surface area contributed by atoms with E-state index in [1.165, 1.54) is 7.11 Å². The third-order valence-corrected chi connectivity index (χ3v) is 2.62. The van der Waals surface area contributed by atoms with Crippen LogP contribution < -0.4 is 9.47 Å². The van der Waals surface area contributed by atoms with Crippen molar-refractivity contribution >= 4 is 5.78 Å². The Kier molecular flexibility index (Phi) is 3.37. The summed E-state index contributed by atoms with van der Waals surface area (Å²) in [7, 11) is 3.07. The van der Waals surface area contributed by atoms with E-state index < -0.39 is 0 Å². The number of hydrogen-bond donors (Lipinski definition) is 0. The van der Waals surface area contributed by atoms with Crippen LogP contribution in [0.1, 0.15) is 21.9 Å². The molecule has 2 aromatic rings. The van der Waals surface area contributed by atoms with E-state index in [4.69, 9.17) is 13.9 Å². The molecule has 0 saturated heterocycles. The van der Waals surface area contributed by atoms with E-state index >= 15 is 0 Å². The lowest BCUT2D eigenvalue weighted by Crippen LogP contribution is -2.03. The Balaban J connectivity index is 2.45. The number of furan rings is 1. The maximum atomic E-state index is 12.3. The van der Waals surface area contributed by atoms with Crippen molar-refractivity contribution in [3.8, 4) is 11.5 Å². The summed E-state index contributed by atoms with van der Waals surface area (Å²) >= 11 is 0. The summed E-state index contributed by atoms with van der Waals surface area (Å²) in [6, 6.07) is 8.47. The van der Waals surface area contributed by atoms with Gasteiger partial charge in [-0.25, -0.2) is 0 Å². The second kappa shape index (κ2) is 4.96. The molecule has 0 amide bonds. The molecule has 0 aliphatic carbocycles. The highest BCUT2D eigenvalue weighted by Gasteiger charge is 2.18. The molecule has 0 aliphatic rings. The van der Waals surface area contributed by atoms with Gasteiger partial charge in [-0.15, -0.1) is 0 Å². The number of methoxy groups -OCH3 is 2. The van der Waals surface area contributed by atoms with Gasteiger partial charge in [-0.2, -0.15) is 0 Å². The van der Waals surface area contributed by atoms with E-state index in [-0.39, 0.29) is 5.78 Å². The van der Waals surface area contributed by atoms with Gasteiger partial charge in [0.05, 0.1) is 19.8 Å². The maximum absolute atomic E-state index is 12.3. The number of ketones is 1. The molecule has 18 heavy (non-hydrogen) atoms. The van der Waals surface area contributed by atoms with E-state index in [0.29, 0.717) is 28.6 Å². The fourth-order valence-electron chi connectivity index (χ4n) is 1.68. The third-order valence-electron chi connectivity index (χ3n) is 2.62. The lowest BCUT2D eigenvalue weighted by molar-refractivity contribution is 0.100. The van der Waals surface area contributed by atoms with Gasteiger partial charge in [-0.1, -0.05) is 0 Å². The maximum Gasteiger partial charge on any atom is 0.232 e. The molecule has 0 saturated carbocycles. The van der Waals surface area contributed by atoms with Crippen LogP contribution in [0.15, 0.2) is 34.7 Å². The minimum atomic E-state index is -0.223. The Hall–Kier alpha value is -2.23. The normalized spacial score (nSPS) is 10.2. The van der Waals surface area contributed by atoms with Crippen LogP contribution in [-0.2, 0) is 0 Å². The minimum Gasteiger partial charge on any atom is -0.497 e. The molecule has 0 fully saturated rings. The summed E-state index contributed by atoms with van der Waals surface area (Å²) in [5.41, 5.74) is 0.422. The van der Waals surface area contributed by atoms with Crippen molar-refractivity contribution in [2.75, 3.05) is 14.2 Å². The van der Waals surface area contributed by atoms with Gasteiger partial charge in [0, 0.05) is 0 Å². The van der Waals surface area contributed by atoms with Gasteiger partial charge in [0.1, 0.15) is 17.3 Å². The topological polar surface area (TPSA) is 48.7 Å². The van der Waals surface area contributed by atoms with Crippen LogP contribution in [0, 0.1) is 6.92 Å². The highest BCUT2D eigenvalue weighted by atomic mass is 16.5. The van der Waals surface area contributed by atoms with Crippen LogP contribution in [-0.4, -0.2) is 20.0 Å². The van der Waals surface area contributed by atoms with Gasteiger partial charge in [0.15, 0.2) is 5.76 Å². The molecule has 1 aromatic carbocycles. The highest BCUT2D eigenvalue weighted by Crippen LogP contribution is 2.26. The van der Waals surface area contributed by atoms with Crippen LogP contribution in [0.2, 0.25) is 0 Å². The molecule has 94 valence electrons. The van der Waals surface area contributed by atoms with Gasteiger partial charge in [-0.05, 0) is 37.3 Å². The van der Waals surface area contributed by atoms with E-state index in [1.807, 2.05) is 0 Å². The van der Waals surface area contributed by atoms with Crippen molar-refractivity contribution in [2.45, 2.75) is 6.92 Å². The van der Waals surface area contributed by atoms with Crippen molar-refractivity contribution in [3.63, 3.8) is 0 Å². The lowest BCUT2D eigenvalue weighted by atomic mass is 10.1. The summed E-state index contributed by atoms with van der Waals surface area (Å²) in [4.78, 5) is 12.3. The predicted molar refractivity (Wildman–Crippen MR) is 66.4 cm³/mol. The molecule has 0 N–H and O–H groups in total. The number of hydrogen-bond acceptors (Lipinski definition) is 4. The van der Waals surface area contributed by atoms with Crippen LogP contribution in [0.3, 0.4) is 0 Å². The summed E-state index contributed by atoms with van der Waals surface area (Å²) in [6.45, 7) is 1.79. The molecular formula is C14H14O4. The van der Waals surface area contributed by atoms with Gasteiger partial charge in [-0.3, -0.25) is 4.79 Å². The van der Waals surface area contributed by atoms with Gasteiger partial charge >= 0.3 is 0 Å². The molecule has 2 rings (SSSR count). The summed E-state index contributed by atoms with van der Waals surface area (Å²) in [6.07, 6.45) is 0. The van der Waals surface area contributed by atoms with Crippen LogP contribution in [0.5, 0.6) is 11.5 Å². The van der Waals surface area contributed by atoms with Crippen molar-refractivity contribution in [1.82, 2.24) is 0 Å². The Morgan fingerprint density at radius 2 is 1.89 bits per heavy atom. The zero-order valence-electron chi connectivity index (χ0n) is 10.5. The molecule has 4 nitrogen and oxygen atoms in total. The van der Waals surface area contributed by atoms with Crippen molar-refractivity contribution < 1.29 is 18.7 Å². The average Bonchev–Trinajstić information content (AvgIpc) is 2.83. The SMILES string of the molecule is COc1ccc(OC)c(C(=O)c2ccc(C)o2)c1. The first-order valence-corrected chi connectivity index (χ1v) is 5.49. The molecule has 0 atom stereocenters. The van der Waals surface area contributed by atoms with Crippen molar-refractivity contribution in [2.24, 2.45) is 0 Å². The zero-order chi connectivity index (χ0) is 13.1. The molecular weight excluding hydrogens is 232 g/mol. The van der Waals surface area contributed by atoms with Gasteiger partial charge in [0.2, 0.25) is 5.78 Å². The average molecular weight is 246 g/mol. The third kappa shape index (κ3) is 2.22. The first kappa shape index (κ1) is 12.2. The summed E-state index contributed by atoms with van der Waals surface area (Å²) in [5, 5.41) is 0. The Morgan fingerprint density at radius 3 is 2.44 bits per heavy atom. The highest BCUT2D eigenvalue weighted by molar-refractivity contribution is 6.09. The second-order valence-corrected chi connectivity index (χ2v) is 3.81. The molecule has 1 aromatic heterocycles. The monoisotopic (exact) mass is 246 g/mol. The smallest absolute Gasteiger partial charge is 0.232 e. The molecule has 0 unspecified atom stereocenters. The molecule has 0 spiro atoms. The number of aryl methyl sites for hydroxylation is 1.